The zero-order valence-corrected chi connectivity index (χ0v) is 13.1. The molecule has 0 amide bonds. The molecule has 2 rings (SSSR count). The van der Waals surface area contributed by atoms with Gasteiger partial charge in [-0.05, 0) is 43.9 Å². The van der Waals surface area contributed by atoms with Crippen molar-refractivity contribution in [3.8, 4) is 5.75 Å². The van der Waals surface area contributed by atoms with E-state index in [1.54, 1.807) is 7.11 Å². The number of quaternary nitrogens is 1. The van der Waals surface area contributed by atoms with E-state index in [0.29, 0.717) is 0 Å². The summed E-state index contributed by atoms with van der Waals surface area (Å²) in [6, 6.07) is 8.57. The van der Waals surface area contributed by atoms with Crippen LogP contribution in [0.25, 0.3) is 0 Å². The van der Waals surface area contributed by atoms with E-state index < -0.39 is 0 Å². The zero-order chi connectivity index (χ0) is 14.6. The lowest BCUT2D eigenvalue weighted by Gasteiger charge is -2.46. The zero-order valence-electron chi connectivity index (χ0n) is 13.1. The van der Waals surface area contributed by atoms with E-state index in [2.05, 4.69) is 43.8 Å². The SMILES string of the molecule is CC[C@@]1(C)C[C@](CC[NH3+])(c2ccc(OC)cc2)CCO1. The van der Waals surface area contributed by atoms with Crippen molar-refractivity contribution < 1.29 is 15.2 Å². The summed E-state index contributed by atoms with van der Waals surface area (Å²) in [5.74, 6) is 0.920. The third-order valence-corrected chi connectivity index (χ3v) is 4.85. The largest absolute Gasteiger partial charge is 0.497 e. The molecular weight excluding hydrogens is 250 g/mol. The summed E-state index contributed by atoms with van der Waals surface area (Å²) in [7, 11) is 1.71. The summed E-state index contributed by atoms with van der Waals surface area (Å²) in [4.78, 5) is 0. The summed E-state index contributed by atoms with van der Waals surface area (Å²) in [5.41, 5.74) is 5.70. The first kappa shape index (κ1) is 15.3. The van der Waals surface area contributed by atoms with E-state index in [1.165, 1.54) is 5.56 Å². The minimum atomic E-state index is -0.00660. The van der Waals surface area contributed by atoms with E-state index in [9.17, 15) is 0 Å². The first-order valence-corrected chi connectivity index (χ1v) is 7.65. The average Bonchev–Trinajstić information content (AvgIpc) is 2.48. The summed E-state index contributed by atoms with van der Waals surface area (Å²) in [6.07, 6.45) is 4.35. The maximum absolute atomic E-state index is 6.04. The van der Waals surface area contributed by atoms with Gasteiger partial charge in [0.05, 0.1) is 19.3 Å². The molecule has 0 saturated carbocycles. The van der Waals surface area contributed by atoms with Crippen LogP contribution in [0, 0.1) is 0 Å². The molecule has 112 valence electrons. The molecular formula is C17H28NO2+. The minimum Gasteiger partial charge on any atom is -0.497 e. The molecule has 1 aliphatic rings. The Morgan fingerprint density at radius 2 is 2.00 bits per heavy atom. The van der Waals surface area contributed by atoms with Crippen molar-refractivity contribution in [3.63, 3.8) is 0 Å². The van der Waals surface area contributed by atoms with Crippen LogP contribution in [0.4, 0.5) is 0 Å². The van der Waals surface area contributed by atoms with Gasteiger partial charge in [-0.15, -0.1) is 0 Å². The minimum absolute atomic E-state index is 0.00660. The van der Waals surface area contributed by atoms with Crippen molar-refractivity contribution in [2.75, 3.05) is 20.3 Å². The lowest BCUT2D eigenvalue weighted by atomic mass is 9.66. The molecule has 1 fully saturated rings. The van der Waals surface area contributed by atoms with Gasteiger partial charge in [-0.2, -0.15) is 0 Å². The van der Waals surface area contributed by atoms with Crippen molar-refractivity contribution >= 4 is 0 Å². The molecule has 0 radical (unpaired) electrons. The maximum atomic E-state index is 6.04. The Hall–Kier alpha value is -1.06. The van der Waals surface area contributed by atoms with Gasteiger partial charge < -0.3 is 15.2 Å². The molecule has 0 spiro atoms. The van der Waals surface area contributed by atoms with Gasteiger partial charge in [-0.3, -0.25) is 0 Å². The molecule has 1 saturated heterocycles. The molecule has 0 bridgehead atoms. The molecule has 1 heterocycles. The molecule has 3 N–H and O–H groups in total. The topological polar surface area (TPSA) is 46.1 Å². The van der Waals surface area contributed by atoms with Crippen molar-refractivity contribution in [1.82, 2.24) is 0 Å². The van der Waals surface area contributed by atoms with Gasteiger partial charge in [0, 0.05) is 18.4 Å². The fourth-order valence-electron chi connectivity index (χ4n) is 3.46. The lowest BCUT2D eigenvalue weighted by Crippen LogP contribution is -2.55. The van der Waals surface area contributed by atoms with Gasteiger partial charge >= 0.3 is 0 Å². The second kappa shape index (κ2) is 6.15. The molecule has 2 atom stereocenters. The number of benzene rings is 1. The fraction of sp³-hybridized carbons (Fsp3) is 0.647. The van der Waals surface area contributed by atoms with Crippen LogP contribution in [-0.4, -0.2) is 25.9 Å². The Balaban J connectivity index is 2.32. The molecule has 3 heteroatoms. The van der Waals surface area contributed by atoms with E-state index in [-0.39, 0.29) is 11.0 Å². The highest BCUT2D eigenvalue weighted by molar-refractivity contribution is 5.33. The second-order valence-electron chi connectivity index (χ2n) is 6.19. The van der Waals surface area contributed by atoms with Crippen molar-refractivity contribution in [3.05, 3.63) is 29.8 Å². The first-order valence-electron chi connectivity index (χ1n) is 7.65. The smallest absolute Gasteiger partial charge is 0.118 e. The molecule has 0 aliphatic carbocycles. The van der Waals surface area contributed by atoms with Crippen LogP contribution in [0.5, 0.6) is 5.75 Å². The van der Waals surface area contributed by atoms with Gasteiger partial charge in [-0.25, -0.2) is 0 Å². The first-order chi connectivity index (χ1) is 9.57. The monoisotopic (exact) mass is 278 g/mol. The molecule has 3 nitrogen and oxygen atoms in total. The standard InChI is InChI=1S/C17H27NO2/c1-4-16(2)13-17(9-11-18,10-12-20-16)14-5-7-15(19-3)8-6-14/h5-8H,4,9-13,18H2,1-3H3/p+1/t16-,17+/m0/s1. The predicted octanol–water partition coefficient (Wildman–Crippen LogP) is 2.54. The van der Waals surface area contributed by atoms with Crippen LogP contribution in [0.1, 0.15) is 45.1 Å². The van der Waals surface area contributed by atoms with Gasteiger partial charge in [0.1, 0.15) is 5.75 Å². The molecule has 1 aliphatic heterocycles. The van der Waals surface area contributed by atoms with Crippen LogP contribution >= 0.6 is 0 Å². The van der Waals surface area contributed by atoms with Crippen LogP contribution in [0.2, 0.25) is 0 Å². The van der Waals surface area contributed by atoms with E-state index in [1.807, 2.05) is 0 Å². The lowest BCUT2D eigenvalue weighted by molar-refractivity contribution is -0.372. The fourth-order valence-corrected chi connectivity index (χ4v) is 3.46. The number of ether oxygens (including phenoxy) is 2. The number of hydrogen-bond donors (Lipinski definition) is 1. The quantitative estimate of drug-likeness (QED) is 0.899. The maximum Gasteiger partial charge on any atom is 0.118 e. The van der Waals surface area contributed by atoms with Crippen molar-refractivity contribution in [2.24, 2.45) is 0 Å². The third-order valence-electron chi connectivity index (χ3n) is 4.85. The van der Waals surface area contributed by atoms with E-state index in [0.717, 1.165) is 44.6 Å². The summed E-state index contributed by atoms with van der Waals surface area (Å²) in [6.45, 7) is 6.27. The predicted molar refractivity (Wildman–Crippen MR) is 80.9 cm³/mol. The summed E-state index contributed by atoms with van der Waals surface area (Å²) in [5, 5.41) is 0. The van der Waals surface area contributed by atoms with Crippen LogP contribution in [0.3, 0.4) is 0 Å². The Bertz CT molecular complexity index is 427. The Morgan fingerprint density at radius 1 is 1.30 bits per heavy atom. The highest BCUT2D eigenvalue weighted by Crippen LogP contribution is 2.45. The van der Waals surface area contributed by atoms with Crippen molar-refractivity contribution in [2.45, 2.75) is 50.5 Å². The van der Waals surface area contributed by atoms with Gasteiger partial charge in [-0.1, -0.05) is 19.1 Å². The normalized spacial score (nSPS) is 30.2. The van der Waals surface area contributed by atoms with Crippen LogP contribution in [0.15, 0.2) is 24.3 Å². The highest BCUT2D eigenvalue weighted by atomic mass is 16.5. The number of hydrogen-bond acceptors (Lipinski definition) is 2. The summed E-state index contributed by atoms with van der Waals surface area (Å²) < 4.78 is 11.3. The Kier molecular flexibility index (Phi) is 4.71. The third kappa shape index (κ3) is 2.99. The molecule has 20 heavy (non-hydrogen) atoms. The van der Waals surface area contributed by atoms with Crippen molar-refractivity contribution in [1.29, 1.82) is 0 Å². The van der Waals surface area contributed by atoms with E-state index >= 15 is 0 Å². The summed E-state index contributed by atoms with van der Waals surface area (Å²) >= 11 is 0. The molecule has 1 aromatic rings. The molecule has 0 unspecified atom stereocenters. The Morgan fingerprint density at radius 3 is 2.55 bits per heavy atom. The van der Waals surface area contributed by atoms with Gasteiger partial charge in [0.15, 0.2) is 0 Å². The highest BCUT2D eigenvalue weighted by Gasteiger charge is 2.43. The van der Waals surface area contributed by atoms with Crippen LogP contribution in [-0.2, 0) is 10.2 Å². The molecule has 1 aromatic carbocycles. The molecule has 0 aromatic heterocycles. The Labute approximate surface area is 122 Å². The average molecular weight is 278 g/mol. The van der Waals surface area contributed by atoms with Crippen LogP contribution < -0.4 is 10.5 Å². The van der Waals surface area contributed by atoms with Gasteiger partial charge in [0.25, 0.3) is 0 Å². The second-order valence-corrected chi connectivity index (χ2v) is 6.19. The number of methoxy groups -OCH3 is 1. The van der Waals surface area contributed by atoms with Gasteiger partial charge in [0.2, 0.25) is 0 Å². The number of rotatable bonds is 5. The van der Waals surface area contributed by atoms with E-state index in [4.69, 9.17) is 9.47 Å².